The van der Waals surface area contributed by atoms with Gasteiger partial charge in [0.25, 0.3) is 0 Å². The van der Waals surface area contributed by atoms with Gasteiger partial charge < -0.3 is 21.3 Å². The van der Waals surface area contributed by atoms with Crippen LogP contribution in [0.1, 0.15) is 212 Å². The highest BCUT2D eigenvalue weighted by Crippen LogP contribution is 2.27. The number of rotatable bonds is 12. The normalized spacial score (nSPS) is 12.7. The maximum absolute atomic E-state index is 4.83. The molecule has 0 atom stereocenters. The van der Waals surface area contributed by atoms with Gasteiger partial charge in [-0.1, -0.05) is 68.2 Å². The molecule has 0 aliphatic heterocycles. The Bertz CT molecular complexity index is 2210. The average Bonchev–Trinajstić information content (AvgIpc) is 3.19. The van der Waals surface area contributed by atoms with Gasteiger partial charge in [-0.05, 0) is 114 Å². The summed E-state index contributed by atoms with van der Waals surface area (Å²) in [5.74, 6) is 8.96. The van der Waals surface area contributed by atoms with Crippen molar-refractivity contribution in [2.75, 3.05) is 21.3 Å². The number of pyridine rings is 1. The number of aromatic nitrogens is 9. The topological polar surface area (TPSA) is 164 Å². The Hall–Kier alpha value is -5.07. The minimum atomic E-state index is 0.300. The summed E-state index contributed by atoms with van der Waals surface area (Å²) in [6, 6.07) is 7.45. The van der Waals surface area contributed by atoms with E-state index in [0.29, 0.717) is 47.8 Å². The predicted octanol–water partition coefficient (Wildman–Crippen LogP) is 12.8. The molecule has 13 nitrogen and oxygen atoms in total. The number of hydrogen-bond acceptors (Lipinski definition) is 13. The molecule has 0 amide bonds. The van der Waals surface area contributed by atoms with E-state index in [1.54, 1.807) is 6.20 Å². The summed E-state index contributed by atoms with van der Waals surface area (Å²) < 4.78 is 0. The molecule has 0 radical (unpaired) electrons. The van der Waals surface area contributed by atoms with Crippen LogP contribution >= 0.6 is 0 Å². The molecule has 5 aromatic heterocycles. The van der Waals surface area contributed by atoms with E-state index in [9.17, 15) is 0 Å². The van der Waals surface area contributed by atoms with Crippen molar-refractivity contribution in [3.05, 3.63) is 75.9 Å². The number of nitrogens with zero attached hydrogens (tertiary/aromatic N) is 9. The van der Waals surface area contributed by atoms with E-state index >= 15 is 0 Å². The number of hydrogen-bond donors (Lipinski definition) is 4. The monoisotopic (exact) mass is 892 g/mol. The van der Waals surface area contributed by atoms with Crippen LogP contribution < -0.4 is 21.3 Å². The first-order chi connectivity index (χ1) is 30.6. The fourth-order valence-electron chi connectivity index (χ4n) is 6.78. The second-order valence-corrected chi connectivity index (χ2v) is 19.8. The Morgan fingerprint density at radius 3 is 1.51 bits per heavy atom. The molecule has 0 unspecified atom stereocenters. The van der Waals surface area contributed by atoms with Gasteiger partial charge in [-0.2, -0.15) is 0 Å². The number of fused-ring (bicyclic) bond motifs is 2. The van der Waals surface area contributed by atoms with E-state index in [1.165, 1.54) is 36.9 Å². The van der Waals surface area contributed by atoms with Crippen LogP contribution in [0.4, 0.5) is 23.3 Å². The lowest BCUT2D eigenvalue weighted by Crippen LogP contribution is -2.18. The predicted molar refractivity (Wildman–Crippen MR) is 275 cm³/mol. The molecule has 0 aromatic carbocycles. The van der Waals surface area contributed by atoms with Crippen LogP contribution in [0.3, 0.4) is 0 Å². The Balaban J connectivity index is 0.000000232. The van der Waals surface area contributed by atoms with Crippen LogP contribution in [-0.4, -0.2) is 69.0 Å². The quantitative estimate of drug-likeness (QED) is 0.0936. The van der Waals surface area contributed by atoms with E-state index in [-0.39, 0.29) is 0 Å². The molecule has 1 aliphatic rings. The fraction of sp³-hybridized carbons (Fsp3) is 0.635. The molecule has 0 fully saturated rings. The van der Waals surface area contributed by atoms with E-state index in [4.69, 9.17) is 9.97 Å². The van der Waals surface area contributed by atoms with Gasteiger partial charge in [0, 0.05) is 88.3 Å². The van der Waals surface area contributed by atoms with Crippen molar-refractivity contribution in [3.8, 4) is 0 Å². The summed E-state index contributed by atoms with van der Waals surface area (Å²) in [6.07, 6.45) is 9.22. The van der Waals surface area contributed by atoms with Gasteiger partial charge in [0.15, 0.2) is 5.65 Å². The summed E-state index contributed by atoms with van der Waals surface area (Å²) in [5.41, 5.74) is 6.66. The highest BCUT2D eigenvalue weighted by atomic mass is 15.1. The lowest BCUT2D eigenvalue weighted by molar-refractivity contribution is 0.600. The van der Waals surface area contributed by atoms with E-state index in [0.717, 1.165) is 87.4 Å². The maximum atomic E-state index is 4.83. The van der Waals surface area contributed by atoms with Crippen LogP contribution in [0, 0.1) is 20.8 Å². The van der Waals surface area contributed by atoms with Crippen LogP contribution in [0.15, 0.2) is 24.4 Å². The molecule has 5 heterocycles. The molecule has 13 heteroatoms. The van der Waals surface area contributed by atoms with Gasteiger partial charge in [0.1, 0.15) is 46.6 Å². The van der Waals surface area contributed by atoms with Gasteiger partial charge in [-0.3, -0.25) is 0 Å². The Kier molecular flexibility index (Phi) is 21.8. The summed E-state index contributed by atoms with van der Waals surface area (Å²) in [5, 5.41) is 14.5. The maximum Gasteiger partial charge on any atom is 0.164 e. The zero-order chi connectivity index (χ0) is 48.5. The van der Waals surface area contributed by atoms with Crippen molar-refractivity contribution in [1.29, 1.82) is 0 Å². The molecule has 4 N–H and O–H groups in total. The molecule has 6 rings (SSSR count). The molecule has 0 bridgehead atoms. The first-order valence-corrected chi connectivity index (χ1v) is 24.3. The summed E-state index contributed by atoms with van der Waals surface area (Å²) >= 11 is 0. The fourth-order valence-corrected chi connectivity index (χ4v) is 6.78. The number of aryl methyl sites for hydroxylation is 3. The van der Waals surface area contributed by atoms with Crippen LogP contribution in [-0.2, 0) is 12.8 Å². The first kappa shape index (κ1) is 54.3. The van der Waals surface area contributed by atoms with Crippen molar-refractivity contribution in [1.82, 2.24) is 44.9 Å². The second kappa shape index (κ2) is 26.2. The van der Waals surface area contributed by atoms with Crippen LogP contribution in [0.25, 0.3) is 11.0 Å². The van der Waals surface area contributed by atoms with Gasteiger partial charge in [0.05, 0.1) is 5.39 Å². The third-order valence-corrected chi connectivity index (χ3v) is 10.2. The number of nitrogens with one attached hydrogen (secondary N) is 4. The molecule has 5 aromatic rings. The minimum absolute atomic E-state index is 0.300. The molecule has 65 heavy (non-hydrogen) atoms. The minimum Gasteiger partial charge on any atom is -0.368 e. The van der Waals surface area contributed by atoms with E-state index in [2.05, 4.69) is 174 Å². The second-order valence-electron chi connectivity index (χ2n) is 19.8. The van der Waals surface area contributed by atoms with Crippen molar-refractivity contribution in [3.63, 3.8) is 0 Å². The first-order valence-electron chi connectivity index (χ1n) is 24.3. The zero-order valence-electron chi connectivity index (χ0n) is 43.7. The van der Waals surface area contributed by atoms with Crippen molar-refractivity contribution in [2.45, 2.75) is 218 Å². The van der Waals surface area contributed by atoms with E-state index in [1.807, 2.05) is 32.0 Å². The number of anilines is 4. The SMILES string of the molecule is CC(C)Nc1nc(C(C)C)nc2c1CCCCCC2.CC(C)Nc1nc(C(C)C)nc2ncccc12.Cc1cc(NC(C)C)nc(C(C)C)n1.Cc1nc(C(C)C)nc(NC(C)C)c1C. The Morgan fingerprint density at radius 2 is 0.938 bits per heavy atom. The van der Waals surface area contributed by atoms with Crippen molar-refractivity contribution < 1.29 is 0 Å². The Labute approximate surface area is 393 Å². The van der Waals surface area contributed by atoms with E-state index < -0.39 is 0 Å². The molecular formula is C52H85N13. The molecular weight excluding hydrogens is 807 g/mol. The largest absolute Gasteiger partial charge is 0.368 e. The third-order valence-electron chi connectivity index (χ3n) is 10.2. The molecule has 358 valence electrons. The molecule has 0 saturated carbocycles. The van der Waals surface area contributed by atoms with Crippen LogP contribution in [0.5, 0.6) is 0 Å². The lowest BCUT2D eigenvalue weighted by atomic mass is 9.97. The molecule has 0 spiro atoms. The van der Waals surface area contributed by atoms with Gasteiger partial charge in [-0.15, -0.1) is 0 Å². The van der Waals surface area contributed by atoms with Crippen molar-refractivity contribution in [2.24, 2.45) is 0 Å². The highest BCUT2D eigenvalue weighted by Gasteiger charge is 2.18. The molecule has 0 saturated heterocycles. The zero-order valence-corrected chi connectivity index (χ0v) is 43.7. The standard InChI is InChI=1S/C16H27N3.C13H18N4.C12H21N3.C11H19N3/c1-11(2)15-18-14-10-8-6-5-7-9-13(14)16(19-15)17-12(3)4;1-8(2)11-16-12-10(6-5-7-14-12)13(17-11)15-9(3)4;1-7(2)11-14-10(6)9(5)12(15-11)13-8(3)4;1-7(2)11-13-9(5)6-10(14-11)12-8(3)4/h11-12H,5-10H2,1-4H3,(H,17,18,19);5-9H,1-4H3,(H,14,15,16,17);7-8H,1-6H3,(H,13,14,15);6-8H,1-5H3,(H,12,13,14). The highest BCUT2D eigenvalue weighted by molar-refractivity contribution is 5.86. The lowest BCUT2D eigenvalue weighted by Gasteiger charge is -2.20. The Morgan fingerprint density at radius 1 is 0.462 bits per heavy atom. The van der Waals surface area contributed by atoms with Gasteiger partial charge in [0.2, 0.25) is 0 Å². The van der Waals surface area contributed by atoms with Gasteiger partial charge >= 0.3 is 0 Å². The van der Waals surface area contributed by atoms with Crippen molar-refractivity contribution >= 4 is 34.3 Å². The van der Waals surface area contributed by atoms with Crippen LogP contribution in [0.2, 0.25) is 0 Å². The van der Waals surface area contributed by atoms with Gasteiger partial charge in [-0.25, -0.2) is 44.9 Å². The molecule has 1 aliphatic carbocycles. The summed E-state index contributed by atoms with van der Waals surface area (Å²) in [6.45, 7) is 40.0. The average molecular weight is 892 g/mol. The smallest absolute Gasteiger partial charge is 0.164 e. The summed E-state index contributed by atoms with van der Waals surface area (Å²) in [7, 11) is 0. The summed E-state index contributed by atoms with van der Waals surface area (Å²) in [4.78, 5) is 40.8. The third kappa shape index (κ3) is 18.0.